The Hall–Kier alpha value is -2.08. The molecule has 0 saturated heterocycles. The van der Waals surface area contributed by atoms with Crippen LogP contribution in [0.2, 0.25) is 0 Å². The summed E-state index contributed by atoms with van der Waals surface area (Å²) in [6, 6.07) is 0. The summed E-state index contributed by atoms with van der Waals surface area (Å²) in [6.45, 7) is 6.84. The summed E-state index contributed by atoms with van der Waals surface area (Å²) in [5.74, 6) is -4.26. The van der Waals surface area contributed by atoms with E-state index in [1.165, 1.54) is 0 Å². The Morgan fingerprint density at radius 1 is 1.04 bits per heavy atom. The number of fused-ring (bicyclic) bond motifs is 3. The molecule has 6 heteroatoms. The number of phenols is 3. The normalized spacial score (nSPS) is 28.4. The second-order valence-corrected chi connectivity index (χ2v) is 8.68. The first-order valence-electron chi connectivity index (χ1n) is 8.99. The van der Waals surface area contributed by atoms with E-state index in [1.807, 2.05) is 20.8 Å². The maximum atomic E-state index is 13.0. The molecule has 0 radical (unpaired) electrons. The van der Waals surface area contributed by atoms with E-state index in [4.69, 9.17) is 0 Å². The summed E-state index contributed by atoms with van der Waals surface area (Å²) >= 11 is 0. The molecule has 1 fully saturated rings. The van der Waals surface area contributed by atoms with Crippen molar-refractivity contribution in [2.45, 2.75) is 58.3 Å². The Labute approximate surface area is 152 Å². The van der Waals surface area contributed by atoms with Crippen molar-refractivity contribution in [1.82, 2.24) is 0 Å². The number of phenolic OH excluding ortho intramolecular Hbond substituents is 3. The van der Waals surface area contributed by atoms with Gasteiger partial charge in [0.2, 0.25) is 11.6 Å². The first-order chi connectivity index (χ1) is 12.0. The summed E-state index contributed by atoms with van der Waals surface area (Å²) in [4.78, 5) is 25.9. The fourth-order valence-corrected chi connectivity index (χ4v) is 5.29. The number of benzene rings is 1. The molecule has 0 bridgehead atoms. The standard InChI is InChI=1S/C20H26O6/c1-9(8-21)10-13(22)11-12(16(25)14(10)23)20(4)7-5-6-19(2,3)18(20)17(26)15(11)24/h9,18,21-23,25H,5-8H2,1-4H3/t9-,18-,20-/m1/s1. The minimum atomic E-state index is -0.859. The molecule has 26 heavy (non-hydrogen) atoms. The molecule has 4 N–H and O–H groups in total. The monoisotopic (exact) mass is 362 g/mol. The van der Waals surface area contributed by atoms with E-state index in [9.17, 15) is 30.0 Å². The van der Waals surface area contributed by atoms with Crippen molar-refractivity contribution < 1.29 is 30.0 Å². The Morgan fingerprint density at radius 2 is 1.65 bits per heavy atom. The van der Waals surface area contributed by atoms with Gasteiger partial charge in [0.25, 0.3) is 0 Å². The topological polar surface area (TPSA) is 115 Å². The average Bonchev–Trinajstić information content (AvgIpc) is 2.55. The van der Waals surface area contributed by atoms with Gasteiger partial charge >= 0.3 is 0 Å². The maximum absolute atomic E-state index is 13.0. The number of aliphatic hydroxyl groups excluding tert-OH is 1. The van der Waals surface area contributed by atoms with Crippen molar-refractivity contribution in [3.63, 3.8) is 0 Å². The number of carbonyl (C=O) groups excluding carboxylic acids is 2. The number of carbonyl (C=O) groups is 2. The molecular formula is C20H26O6. The van der Waals surface area contributed by atoms with E-state index in [-0.39, 0.29) is 16.7 Å². The van der Waals surface area contributed by atoms with Crippen LogP contribution >= 0.6 is 0 Å². The fourth-order valence-electron chi connectivity index (χ4n) is 5.29. The van der Waals surface area contributed by atoms with Crippen LogP contribution in [0, 0.1) is 11.3 Å². The minimum absolute atomic E-state index is 0.109. The van der Waals surface area contributed by atoms with Gasteiger partial charge in [-0.05, 0) is 18.3 Å². The Bertz CT molecular complexity index is 809. The van der Waals surface area contributed by atoms with Crippen LogP contribution in [0.25, 0.3) is 0 Å². The van der Waals surface area contributed by atoms with Crippen molar-refractivity contribution in [3.8, 4) is 17.2 Å². The molecule has 3 rings (SSSR count). The first kappa shape index (κ1) is 18.7. The van der Waals surface area contributed by atoms with Gasteiger partial charge in [-0.25, -0.2) is 0 Å². The summed E-state index contributed by atoms with van der Waals surface area (Å²) in [6.07, 6.45) is 2.14. The van der Waals surface area contributed by atoms with Crippen LogP contribution in [0.5, 0.6) is 17.2 Å². The predicted octanol–water partition coefficient (Wildman–Crippen LogP) is 2.75. The number of aromatic hydroxyl groups is 3. The lowest BCUT2D eigenvalue weighted by atomic mass is 9.49. The molecule has 0 amide bonds. The zero-order valence-electron chi connectivity index (χ0n) is 15.6. The van der Waals surface area contributed by atoms with Crippen LogP contribution < -0.4 is 0 Å². The van der Waals surface area contributed by atoms with Crippen molar-refractivity contribution in [1.29, 1.82) is 0 Å². The second kappa shape index (κ2) is 5.71. The van der Waals surface area contributed by atoms with Crippen LogP contribution in [-0.2, 0) is 10.2 Å². The molecule has 1 aromatic carbocycles. The lowest BCUT2D eigenvalue weighted by molar-refractivity contribution is -0.128. The highest BCUT2D eigenvalue weighted by Crippen LogP contribution is 2.61. The highest BCUT2D eigenvalue weighted by molar-refractivity contribution is 6.47. The van der Waals surface area contributed by atoms with E-state index in [1.54, 1.807) is 6.92 Å². The molecule has 142 valence electrons. The van der Waals surface area contributed by atoms with E-state index < -0.39 is 58.1 Å². The van der Waals surface area contributed by atoms with Gasteiger partial charge in [0.05, 0.1) is 5.56 Å². The first-order valence-corrected chi connectivity index (χ1v) is 8.99. The number of ketones is 2. The molecule has 0 aromatic heterocycles. The maximum Gasteiger partial charge on any atom is 0.233 e. The molecule has 1 saturated carbocycles. The number of hydrogen-bond donors (Lipinski definition) is 4. The Morgan fingerprint density at radius 3 is 2.23 bits per heavy atom. The second-order valence-electron chi connectivity index (χ2n) is 8.68. The number of rotatable bonds is 2. The van der Waals surface area contributed by atoms with Gasteiger partial charge < -0.3 is 20.4 Å². The van der Waals surface area contributed by atoms with Gasteiger partial charge in [-0.1, -0.05) is 34.1 Å². The van der Waals surface area contributed by atoms with Crippen molar-refractivity contribution in [3.05, 3.63) is 16.7 Å². The van der Waals surface area contributed by atoms with Gasteiger partial charge in [-0.3, -0.25) is 9.59 Å². The van der Waals surface area contributed by atoms with Crippen LogP contribution in [-0.4, -0.2) is 38.6 Å². The highest BCUT2D eigenvalue weighted by atomic mass is 16.3. The van der Waals surface area contributed by atoms with Crippen LogP contribution in [0.4, 0.5) is 0 Å². The third kappa shape index (κ3) is 2.21. The van der Waals surface area contributed by atoms with E-state index in [0.29, 0.717) is 6.42 Å². The van der Waals surface area contributed by atoms with Crippen LogP contribution in [0.1, 0.15) is 74.4 Å². The molecule has 0 spiro atoms. The minimum Gasteiger partial charge on any atom is -0.507 e. The van der Waals surface area contributed by atoms with Gasteiger partial charge in [-0.15, -0.1) is 0 Å². The van der Waals surface area contributed by atoms with Crippen LogP contribution in [0.3, 0.4) is 0 Å². The van der Waals surface area contributed by atoms with E-state index in [0.717, 1.165) is 12.8 Å². The van der Waals surface area contributed by atoms with Crippen molar-refractivity contribution in [2.24, 2.45) is 11.3 Å². The van der Waals surface area contributed by atoms with Gasteiger partial charge in [0, 0.05) is 35.0 Å². The van der Waals surface area contributed by atoms with Gasteiger partial charge in [0.15, 0.2) is 11.5 Å². The van der Waals surface area contributed by atoms with Gasteiger partial charge in [0.1, 0.15) is 5.75 Å². The van der Waals surface area contributed by atoms with Crippen molar-refractivity contribution in [2.75, 3.05) is 6.61 Å². The SMILES string of the molecule is C[C@H](CO)c1c(O)c(O)c2c(c1O)C(=O)C(=O)[C@@H]1C(C)(C)CCC[C@]21C. The largest absolute Gasteiger partial charge is 0.507 e. The predicted molar refractivity (Wildman–Crippen MR) is 94.7 cm³/mol. The van der Waals surface area contributed by atoms with Crippen molar-refractivity contribution >= 4 is 11.6 Å². The zero-order valence-corrected chi connectivity index (χ0v) is 15.6. The highest BCUT2D eigenvalue weighted by Gasteiger charge is 2.59. The lowest BCUT2D eigenvalue weighted by Gasteiger charge is -2.52. The molecule has 0 aliphatic heterocycles. The van der Waals surface area contributed by atoms with E-state index in [2.05, 4.69) is 0 Å². The third-order valence-electron chi connectivity index (χ3n) is 6.44. The number of aliphatic hydroxyl groups is 1. The summed E-state index contributed by atoms with van der Waals surface area (Å²) in [7, 11) is 0. The zero-order chi connectivity index (χ0) is 19.6. The van der Waals surface area contributed by atoms with E-state index >= 15 is 0 Å². The Kier molecular flexibility index (Phi) is 4.11. The summed E-state index contributed by atoms with van der Waals surface area (Å²) < 4.78 is 0. The molecule has 1 aromatic rings. The number of hydrogen-bond acceptors (Lipinski definition) is 6. The summed E-state index contributed by atoms with van der Waals surface area (Å²) in [5, 5.41) is 41.4. The Balaban J connectivity index is 2.40. The average molecular weight is 362 g/mol. The molecular weight excluding hydrogens is 336 g/mol. The molecule has 2 aliphatic carbocycles. The molecule has 6 nitrogen and oxygen atoms in total. The quantitative estimate of drug-likeness (QED) is 0.365. The van der Waals surface area contributed by atoms with Crippen LogP contribution in [0.15, 0.2) is 0 Å². The molecule has 0 unspecified atom stereocenters. The molecule has 0 heterocycles. The molecule has 3 atom stereocenters. The molecule has 2 aliphatic rings. The van der Waals surface area contributed by atoms with Gasteiger partial charge in [-0.2, -0.15) is 0 Å². The third-order valence-corrected chi connectivity index (χ3v) is 6.44. The number of Topliss-reactive ketones (excluding diaryl/α,β-unsaturated/α-hetero) is 2. The summed E-state index contributed by atoms with van der Waals surface area (Å²) in [5.41, 5.74) is -1.48. The smallest absolute Gasteiger partial charge is 0.233 e. The lowest BCUT2D eigenvalue weighted by Crippen LogP contribution is -2.54. The fraction of sp³-hybridized carbons (Fsp3) is 0.600.